The van der Waals surface area contributed by atoms with Gasteiger partial charge in [0, 0.05) is 62.6 Å². The van der Waals surface area contributed by atoms with E-state index in [1.807, 2.05) is 25.2 Å². The van der Waals surface area contributed by atoms with Crippen molar-refractivity contribution in [2.45, 2.75) is 19.8 Å². The maximum atomic E-state index is 12.4. The number of benzene rings is 1. The summed E-state index contributed by atoms with van der Waals surface area (Å²) in [7, 11) is 3.51. The van der Waals surface area contributed by atoms with E-state index in [1.165, 1.54) is 16.5 Å². The molecule has 0 radical (unpaired) electrons. The van der Waals surface area contributed by atoms with Crippen LogP contribution in [0.2, 0.25) is 0 Å². The van der Waals surface area contributed by atoms with E-state index in [-0.39, 0.29) is 36.4 Å². The molecule has 0 spiro atoms. The number of fused-ring (bicyclic) bond motifs is 1. The molecule has 1 aromatic carbocycles. The molecule has 2 heterocycles. The van der Waals surface area contributed by atoms with Crippen molar-refractivity contribution in [1.29, 1.82) is 0 Å². The molecule has 31 heavy (non-hydrogen) atoms. The number of hydrogen-bond donors (Lipinski definition) is 3. The summed E-state index contributed by atoms with van der Waals surface area (Å²) in [5, 5.41) is 7.62. The molecule has 0 aliphatic carbocycles. The van der Waals surface area contributed by atoms with Crippen molar-refractivity contribution in [1.82, 2.24) is 25.5 Å². The number of pyridine rings is 1. The van der Waals surface area contributed by atoms with Gasteiger partial charge in [-0.15, -0.1) is 24.0 Å². The minimum absolute atomic E-state index is 0. The molecule has 0 bridgehead atoms. The van der Waals surface area contributed by atoms with Crippen LogP contribution in [0.5, 0.6) is 0 Å². The van der Waals surface area contributed by atoms with E-state index in [2.05, 4.69) is 56.9 Å². The number of aromatic amines is 1. The summed E-state index contributed by atoms with van der Waals surface area (Å²) in [6.45, 7) is 3.65. The Hall–Kier alpha value is -2.62. The van der Waals surface area contributed by atoms with E-state index in [0.29, 0.717) is 12.5 Å². The minimum Gasteiger partial charge on any atom is -0.361 e. The molecule has 0 fully saturated rings. The lowest BCUT2D eigenvalue weighted by Crippen LogP contribution is -2.44. The van der Waals surface area contributed by atoms with E-state index >= 15 is 0 Å². The van der Waals surface area contributed by atoms with Gasteiger partial charge < -0.3 is 20.5 Å². The van der Waals surface area contributed by atoms with Crippen LogP contribution in [0.15, 0.2) is 53.8 Å². The van der Waals surface area contributed by atoms with E-state index in [4.69, 9.17) is 0 Å². The lowest BCUT2D eigenvalue weighted by atomic mass is 10.1. The van der Waals surface area contributed by atoms with Gasteiger partial charge in [0.05, 0.1) is 6.54 Å². The smallest absolute Gasteiger partial charge is 0.241 e. The lowest BCUT2D eigenvalue weighted by molar-refractivity contribution is -0.128. The number of nitrogens with zero attached hydrogens (tertiary/aromatic N) is 3. The molecule has 0 aliphatic rings. The molecule has 0 saturated heterocycles. The quantitative estimate of drug-likeness (QED) is 0.236. The first-order valence-corrected chi connectivity index (χ1v) is 10.2. The minimum atomic E-state index is 0. The summed E-state index contributed by atoms with van der Waals surface area (Å²) >= 11 is 0. The molecule has 2 aromatic heterocycles. The zero-order valence-electron chi connectivity index (χ0n) is 18.3. The van der Waals surface area contributed by atoms with E-state index in [0.717, 1.165) is 30.6 Å². The standard InChI is InChI=1S/C23H30N6O.HI/c1-17-7-8-20-18(15-27-21(20)14-17)9-12-26-23(24-2)28-16-22(30)29(3)13-10-19-6-4-5-11-25-19;/h4-8,11,14-15,27H,9-10,12-13,16H2,1-3H3,(H2,24,26,28);1H. The average molecular weight is 534 g/mol. The van der Waals surface area contributed by atoms with Gasteiger partial charge in [0.25, 0.3) is 0 Å². The molecule has 3 aromatic rings. The Morgan fingerprint density at radius 2 is 2.03 bits per heavy atom. The second-order valence-corrected chi connectivity index (χ2v) is 7.35. The monoisotopic (exact) mass is 534 g/mol. The molecule has 0 unspecified atom stereocenters. The highest BCUT2D eigenvalue weighted by Crippen LogP contribution is 2.19. The largest absolute Gasteiger partial charge is 0.361 e. The number of carbonyl (C=O) groups is 1. The fraction of sp³-hybridized carbons (Fsp3) is 0.348. The van der Waals surface area contributed by atoms with Crippen LogP contribution in [0.4, 0.5) is 0 Å². The van der Waals surface area contributed by atoms with Gasteiger partial charge in [0.15, 0.2) is 5.96 Å². The summed E-state index contributed by atoms with van der Waals surface area (Å²) in [6, 6.07) is 12.3. The molecule has 7 nitrogen and oxygen atoms in total. The van der Waals surface area contributed by atoms with Crippen LogP contribution in [0.1, 0.15) is 16.8 Å². The molecule has 0 saturated carbocycles. The second-order valence-electron chi connectivity index (χ2n) is 7.35. The number of likely N-dealkylation sites (N-methyl/N-ethyl adjacent to an activating group) is 1. The first-order valence-electron chi connectivity index (χ1n) is 10.2. The van der Waals surface area contributed by atoms with E-state index in [1.54, 1.807) is 18.1 Å². The van der Waals surface area contributed by atoms with Crippen molar-refractivity contribution in [3.8, 4) is 0 Å². The molecule has 0 aliphatic heterocycles. The Bertz CT molecular complexity index is 1000. The van der Waals surface area contributed by atoms with Crippen LogP contribution in [0, 0.1) is 6.92 Å². The van der Waals surface area contributed by atoms with Crippen molar-refractivity contribution in [3.05, 3.63) is 65.6 Å². The van der Waals surface area contributed by atoms with Gasteiger partial charge in [-0.05, 0) is 42.7 Å². The molecule has 8 heteroatoms. The Morgan fingerprint density at radius 1 is 1.19 bits per heavy atom. The van der Waals surface area contributed by atoms with Crippen LogP contribution < -0.4 is 10.6 Å². The third-order valence-electron chi connectivity index (χ3n) is 5.10. The van der Waals surface area contributed by atoms with E-state index in [9.17, 15) is 4.79 Å². The van der Waals surface area contributed by atoms with Crippen LogP contribution in [0.25, 0.3) is 10.9 Å². The van der Waals surface area contributed by atoms with Crippen molar-refractivity contribution in [3.63, 3.8) is 0 Å². The maximum Gasteiger partial charge on any atom is 0.241 e. The molecule has 166 valence electrons. The zero-order chi connectivity index (χ0) is 21.3. The number of rotatable bonds is 8. The predicted octanol–water partition coefficient (Wildman–Crippen LogP) is 2.90. The topological polar surface area (TPSA) is 85.4 Å². The van der Waals surface area contributed by atoms with Gasteiger partial charge in [0.1, 0.15) is 0 Å². The molecule has 0 atom stereocenters. The molecular weight excluding hydrogens is 503 g/mol. The van der Waals surface area contributed by atoms with Crippen molar-refractivity contribution >= 4 is 46.7 Å². The van der Waals surface area contributed by atoms with Crippen molar-refractivity contribution in [2.24, 2.45) is 4.99 Å². The van der Waals surface area contributed by atoms with Gasteiger partial charge in [-0.3, -0.25) is 14.8 Å². The highest BCUT2D eigenvalue weighted by atomic mass is 127. The van der Waals surface area contributed by atoms with Crippen LogP contribution in [0.3, 0.4) is 0 Å². The number of aryl methyl sites for hydroxylation is 1. The van der Waals surface area contributed by atoms with E-state index < -0.39 is 0 Å². The Morgan fingerprint density at radius 3 is 2.77 bits per heavy atom. The number of hydrogen-bond acceptors (Lipinski definition) is 3. The predicted molar refractivity (Wildman–Crippen MR) is 137 cm³/mol. The number of aromatic nitrogens is 2. The van der Waals surface area contributed by atoms with Crippen LogP contribution in [-0.4, -0.2) is 60.5 Å². The highest BCUT2D eigenvalue weighted by Gasteiger charge is 2.10. The molecule has 3 rings (SSSR count). The van der Waals surface area contributed by atoms with Gasteiger partial charge in [-0.2, -0.15) is 0 Å². The number of H-pyrrole nitrogens is 1. The van der Waals surface area contributed by atoms with Crippen LogP contribution in [-0.2, 0) is 17.6 Å². The Balaban J connectivity index is 0.00000341. The molecule has 1 amide bonds. The lowest BCUT2D eigenvalue weighted by Gasteiger charge is -2.18. The third kappa shape index (κ3) is 7.23. The first-order chi connectivity index (χ1) is 14.6. The summed E-state index contributed by atoms with van der Waals surface area (Å²) in [5.74, 6) is 0.637. The first kappa shape index (κ1) is 24.6. The number of carbonyl (C=O) groups excluding carboxylic acids is 1. The number of halogens is 1. The van der Waals surface area contributed by atoms with Gasteiger partial charge in [0.2, 0.25) is 5.91 Å². The maximum absolute atomic E-state index is 12.4. The summed E-state index contributed by atoms with van der Waals surface area (Å²) in [4.78, 5) is 25.9. The SMILES string of the molecule is CN=C(NCCc1c[nH]c2cc(C)ccc12)NCC(=O)N(C)CCc1ccccn1.I. The van der Waals surface area contributed by atoms with Crippen molar-refractivity contribution in [2.75, 3.05) is 33.7 Å². The van der Waals surface area contributed by atoms with Crippen molar-refractivity contribution < 1.29 is 4.79 Å². The normalized spacial score (nSPS) is 11.1. The number of nitrogens with one attached hydrogen (secondary N) is 3. The number of guanidine groups is 1. The second kappa shape index (κ2) is 12.3. The fourth-order valence-electron chi connectivity index (χ4n) is 3.29. The Kier molecular flexibility index (Phi) is 9.77. The Labute approximate surface area is 200 Å². The van der Waals surface area contributed by atoms with Crippen LogP contribution >= 0.6 is 24.0 Å². The number of aliphatic imine (C=N–C) groups is 1. The fourth-order valence-corrected chi connectivity index (χ4v) is 3.29. The van der Waals surface area contributed by atoms with Gasteiger partial charge in [-0.25, -0.2) is 0 Å². The molecular formula is C23H31IN6O. The third-order valence-corrected chi connectivity index (χ3v) is 5.10. The average Bonchev–Trinajstić information content (AvgIpc) is 3.16. The molecule has 3 N–H and O–H groups in total. The highest BCUT2D eigenvalue weighted by molar-refractivity contribution is 14.0. The van der Waals surface area contributed by atoms with Gasteiger partial charge >= 0.3 is 0 Å². The number of amides is 1. The summed E-state index contributed by atoms with van der Waals surface area (Å²) < 4.78 is 0. The van der Waals surface area contributed by atoms with Gasteiger partial charge in [-0.1, -0.05) is 18.2 Å². The summed E-state index contributed by atoms with van der Waals surface area (Å²) in [6.07, 6.45) is 5.43. The summed E-state index contributed by atoms with van der Waals surface area (Å²) in [5.41, 5.74) is 4.65. The zero-order valence-corrected chi connectivity index (χ0v) is 20.6.